The molecular weight excluding hydrogens is 220 g/mol. The fraction of sp³-hybridized carbons (Fsp3) is 0.750. The average molecular weight is 242 g/mol. The van der Waals surface area contributed by atoms with Gasteiger partial charge in [-0.2, -0.15) is 0 Å². The van der Waals surface area contributed by atoms with Gasteiger partial charge in [-0.05, 0) is 27.2 Å². The van der Waals surface area contributed by atoms with E-state index in [0.717, 1.165) is 12.1 Å². The minimum absolute atomic E-state index is 0.218. The second kappa shape index (κ2) is 6.33. The van der Waals surface area contributed by atoms with Crippen LogP contribution in [-0.2, 0) is 4.74 Å². The fourth-order valence-corrected chi connectivity index (χ4v) is 2.49. The van der Waals surface area contributed by atoms with Crippen LogP contribution in [0.3, 0.4) is 0 Å². The van der Waals surface area contributed by atoms with Crippen LogP contribution in [0.4, 0.5) is 0 Å². The molecule has 3 atom stereocenters. The van der Waals surface area contributed by atoms with Gasteiger partial charge in [-0.1, -0.05) is 6.92 Å². The van der Waals surface area contributed by atoms with Crippen LogP contribution >= 0.6 is 11.3 Å². The molecule has 3 nitrogen and oxygen atoms in total. The summed E-state index contributed by atoms with van der Waals surface area (Å²) >= 11 is 1.73. The van der Waals surface area contributed by atoms with Crippen LogP contribution in [0.1, 0.15) is 43.9 Å². The van der Waals surface area contributed by atoms with E-state index in [1.807, 2.05) is 6.92 Å². The minimum atomic E-state index is 0.218. The van der Waals surface area contributed by atoms with Crippen molar-refractivity contribution >= 4 is 11.3 Å². The van der Waals surface area contributed by atoms with Crippen LogP contribution in [0.2, 0.25) is 0 Å². The molecule has 0 aliphatic carbocycles. The maximum atomic E-state index is 5.32. The molecule has 0 aliphatic heterocycles. The standard InChI is InChI=1S/C12H22N2OS/c1-6-11(12-13-8(2)7-16-12)14-9(3)10(4)15-5/h7,9-11,14H,6H2,1-5H3. The summed E-state index contributed by atoms with van der Waals surface area (Å²) < 4.78 is 5.32. The molecule has 0 saturated carbocycles. The van der Waals surface area contributed by atoms with E-state index in [4.69, 9.17) is 4.74 Å². The number of thiazole rings is 1. The van der Waals surface area contributed by atoms with E-state index in [1.165, 1.54) is 5.01 Å². The Bertz CT molecular complexity index is 314. The van der Waals surface area contributed by atoms with Gasteiger partial charge in [-0.25, -0.2) is 4.98 Å². The van der Waals surface area contributed by atoms with Crippen LogP contribution in [0, 0.1) is 6.92 Å². The van der Waals surface area contributed by atoms with Crippen LogP contribution in [0.15, 0.2) is 5.38 Å². The van der Waals surface area contributed by atoms with Crippen molar-refractivity contribution in [3.05, 3.63) is 16.1 Å². The molecule has 0 radical (unpaired) electrons. The number of aryl methyl sites for hydroxylation is 1. The first-order valence-electron chi connectivity index (χ1n) is 5.79. The zero-order chi connectivity index (χ0) is 12.1. The Labute approximate surface area is 102 Å². The van der Waals surface area contributed by atoms with Gasteiger partial charge in [0.25, 0.3) is 0 Å². The summed E-state index contributed by atoms with van der Waals surface area (Å²) in [4.78, 5) is 4.54. The Morgan fingerprint density at radius 3 is 2.62 bits per heavy atom. The van der Waals surface area contributed by atoms with Gasteiger partial charge in [0, 0.05) is 24.2 Å². The summed E-state index contributed by atoms with van der Waals surface area (Å²) in [6, 6.07) is 0.672. The van der Waals surface area contributed by atoms with Gasteiger partial charge in [0.2, 0.25) is 0 Å². The molecule has 0 bridgehead atoms. The van der Waals surface area contributed by atoms with E-state index in [1.54, 1.807) is 18.4 Å². The van der Waals surface area contributed by atoms with E-state index < -0.39 is 0 Å². The van der Waals surface area contributed by atoms with Crippen molar-refractivity contribution in [2.45, 2.75) is 52.3 Å². The van der Waals surface area contributed by atoms with Crippen LogP contribution < -0.4 is 5.32 Å². The number of rotatable bonds is 6. The highest BCUT2D eigenvalue weighted by Crippen LogP contribution is 2.21. The third-order valence-electron chi connectivity index (χ3n) is 2.88. The summed E-state index contributed by atoms with van der Waals surface area (Å²) in [5, 5.41) is 6.85. The summed E-state index contributed by atoms with van der Waals surface area (Å²) in [6.07, 6.45) is 1.27. The number of ether oxygens (including phenoxy) is 1. The first kappa shape index (κ1) is 13.6. The lowest BCUT2D eigenvalue weighted by Gasteiger charge is -2.24. The van der Waals surface area contributed by atoms with Gasteiger partial charge >= 0.3 is 0 Å². The van der Waals surface area contributed by atoms with Crippen LogP contribution in [-0.4, -0.2) is 24.2 Å². The summed E-state index contributed by atoms with van der Waals surface area (Å²) in [5.74, 6) is 0. The molecule has 0 saturated heterocycles. The molecule has 0 amide bonds. The molecule has 1 aromatic heterocycles. The number of hydrogen-bond donors (Lipinski definition) is 1. The molecule has 3 unspecified atom stereocenters. The highest BCUT2D eigenvalue weighted by atomic mass is 32.1. The number of methoxy groups -OCH3 is 1. The van der Waals surface area contributed by atoms with E-state index >= 15 is 0 Å². The van der Waals surface area contributed by atoms with Gasteiger partial charge in [-0.3, -0.25) is 0 Å². The normalized spacial score (nSPS) is 17.1. The minimum Gasteiger partial charge on any atom is -0.380 e. The second-order valence-corrected chi connectivity index (χ2v) is 5.07. The highest BCUT2D eigenvalue weighted by molar-refractivity contribution is 7.09. The second-order valence-electron chi connectivity index (χ2n) is 4.18. The molecule has 0 aromatic carbocycles. The zero-order valence-electron chi connectivity index (χ0n) is 10.8. The lowest BCUT2D eigenvalue weighted by molar-refractivity contribution is 0.0841. The molecule has 16 heavy (non-hydrogen) atoms. The van der Waals surface area contributed by atoms with Gasteiger partial charge in [-0.15, -0.1) is 11.3 Å². The molecule has 1 N–H and O–H groups in total. The van der Waals surface area contributed by atoms with Crippen molar-refractivity contribution in [1.29, 1.82) is 0 Å². The monoisotopic (exact) mass is 242 g/mol. The van der Waals surface area contributed by atoms with E-state index in [-0.39, 0.29) is 6.10 Å². The number of nitrogens with zero attached hydrogens (tertiary/aromatic N) is 1. The Balaban J connectivity index is 2.62. The molecule has 92 valence electrons. The van der Waals surface area contributed by atoms with Crippen molar-refractivity contribution in [3.8, 4) is 0 Å². The van der Waals surface area contributed by atoms with Crippen molar-refractivity contribution in [2.75, 3.05) is 7.11 Å². The summed E-state index contributed by atoms with van der Waals surface area (Å²) in [7, 11) is 1.75. The Kier molecular flexibility index (Phi) is 5.38. The molecule has 0 fully saturated rings. The zero-order valence-corrected chi connectivity index (χ0v) is 11.6. The molecular formula is C12H22N2OS. The smallest absolute Gasteiger partial charge is 0.110 e. The van der Waals surface area contributed by atoms with Crippen molar-refractivity contribution in [1.82, 2.24) is 10.3 Å². The predicted molar refractivity (Wildman–Crippen MR) is 69.0 cm³/mol. The number of aromatic nitrogens is 1. The van der Waals surface area contributed by atoms with Crippen molar-refractivity contribution < 1.29 is 4.74 Å². The molecule has 1 aromatic rings. The maximum Gasteiger partial charge on any atom is 0.110 e. The number of hydrogen-bond acceptors (Lipinski definition) is 4. The Morgan fingerprint density at radius 1 is 1.50 bits per heavy atom. The van der Waals surface area contributed by atoms with E-state index in [2.05, 4.69) is 36.5 Å². The first-order chi connectivity index (χ1) is 7.58. The SMILES string of the molecule is CCC(NC(C)C(C)OC)c1nc(C)cs1. The van der Waals surface area contributed by atoms with Crippen LogP contribution in [0.25, 0.3) is 0 Å². The first-order valence-corrected chi connectivity index (χ1v) is 6.67. The third-order valence-corrected chi connectivity index (χ3v) is 3.96. The lowest BCUT2D eigenvalue weighted by atomic mass is 10.1. The highest BCUT2D eigenvalue weighted by Gasteiger charge is 2.18. The van der Waals surface area contributed by atoms with Crippen molar-refractivity contribution in [3.63, 3.8) is 0 Å². The molecule has 0 spiro atoms. The molecule has 1 rings (SSSR count). The van der Waals surface area contributed by atoms with Gasteiger partial charge < -0.3 is 10.1 Å². The average Bonchev–Trinajstić information content (AvgIpc) is 2.71. The molecule has 4 heteroatoms. The number of nitrogens with one attached hydrogen (secondary N) is 1. The van der Waals surface area contributed by atoms with Gasteiger partial charge in [0.05, 0.1) is 12.1 Å². The summed E-state index contributed by atoms with van der Waals surface area (Å²) in [6.45, 7) is 8.45. The maximum absolute atomic E-state index is 5.32. The van der Waals surface area contributed by atoms with Gasteiger partial charge in [0.15, 0.2) is 0 Å². The van der Waals surface area contributed by atoms with E-state index in [0.29, 0.717) is 12.1 Å². The topological polar surface area (TPSA) is 34.1 Å². The van der Waals surface area contributed by atoms with E-state index in [9.17, 15) is 0 Å². The Morgan fingerprint density at radius 2 is 2.19 bits per heavy atom. The predicted octanol–water partition coefficient (Wildman–Crippen LogP) is 2.92. The Hall–Kier alpha value is -0.450. The largest absolute Gasteiger partial charge is 0.380 e. The van der Waals surface area contributed by atoms with Crippen molar-refractivity contribution in [2.24, 2.45) is 0 Å². The van der Waals surface area contributed by atoms with Gasteiger partial charge in [0.1, 0.15) is 5.01 Å². The fourth-order valence-electron chi connectivity index (χ4n) is 1.55. The quantitative estimate of drug-likeness (QED) is 0.833. The lowest BCUT2D eigenvalue weighted by Crippen LogP contribution is -2.38. The molecule has 1 heterocycles. The van der Waals surface area contributed by atoms with Crippen LogP contribution in [0.5, 0.6) is 0 Å². The molecule has 0 aliphatic rings. The summed E-state index contributed by atoms with van der Waals surface area (Å²) in [5.41, 5.74) is 1.10. The third kappa shape index (κ3) is 3.54.